The van der Waals surface area contributed by atoms with Crippen LogP contribution in [-0.4, -0.2) is 0 Å². The van der Waals surface area contributed by atoms with Gasteiger partial charge in [-0.25, -0.2) is 0 Å². The quantitative estimate of drug-likeness (QED) is 0.184. The molecule has 2 nitrogen and oxygen atoms in total. The first-order valence-corrected chi connectivity index (χ1v) is 17.6. The molecule has 1 heterocycles. The Morgan fingerprint density at radius 3 is 1.52 bits per heavy atom. The summed E-state index contributed by atoms with van der Waals surface area (Å²) in [6, 6.07) is 62.2. The van der Waals surface area contributed by atoms with Gasteiger partial charge in [0.2, 0.25) is 0 Å². The van der Waals surface area contributed by atoms with E-state index in [0.717, 1.165) is 17.1 Å². The minimum absolute atomic E-state index is 0.0606. The normalized spacial score (nSPS) is 14.7. The summed E-state index contributed by atoms with van der Waals surface area (Å²) < 4.78 is 0. The minimum Gasteiger partial charge on any atom is -0.310 e. The molecule has 2 aliphatic rings. The standard InChI is InChI=1S/C48H40N2/c1-47(2)39-18-9-8-17-38(39)46-42(47)21-14-24-45(46)49(35-15-6-5-7-16-35)36-29-25-33(26-30-36)34-27-31-37(32-28-34)50-43-22-12-10-19-40(43)48(3,4)41-20-11-13-23-44(41)50/h5-32H,1-4H3. The Morgan fingerprint density at radius 2 is 0.880 bits per heavy atom. The molecule has 0 radical (unpaired) electrons. The van der Waals surface area contributed by atoms with Gasteiger partial charge in [-0.1, -0.05) is 143 Å². The molecule has 7 aromatic carbocycles. The third kappa shape index (κ3) is 4.55. The Labute approximate surface area is 295 Å². The second kappa shape index (κ2) is 11.4. The second-order valence-corrected chi connectivity index (χ2v) is 14.6. The molecule has 0 amide bonds. The van der Waals surface area contributed by atoms with Gasteiger partial charge in [0.15, 0.2) is 0 Å². The predicted molar refractivity (Wildman–Crippen MR) is 211 cm³/mol. The molecule has 9 rings (SSSR count). The first kappa shape index (κ1) is 30.2. The van der Waals surface area contributed by atoms with Crippen molar-refractivity contribution in [1.82, 2.24) is 0 Å². The lowest BCUT2D eigenvalue weighted by molar-refractivity contribution is 0.632. The number of anilines is 6. The number of nitrogens with zero attached hydrogens (tertiary/aromatic N) is 2. The summed E-state index contributed by atoms with van der Waals surface area (Å²) in [6.45, 7) is 9.35. The molecule has 0 N–H and O–H groups in total. The van der Waals surface area contributed by atoms with Gasteiger partial charge < -0.3 is 9.80 Å². The topological polar surface area (TPSA) is 6.48 Å². The van der Waals surface area contributed by atoms with E-state index in [1.807, 2.05) is 0 Å². The van der Waals surface area contributed by atoms with Gasteiger partial charge >= 0.3 is 0 Å². The first-order chi connectivity index (χ1) is 24.3. The monoisotopic (exact) mass is 644 g/mol. The van der Waals surface area contributed by atoms with Crippen molar-refractivity contribution in [2.45, 2.75) is 38.5 Å². The van der Waals surface area contributed by atoms with Gasteiger partial charge in [-0.2, -0.15) is 0 Å². The number of rotatable bonds is 5. The molecule has 0 bridgehead atoms. The molecule has 0 atom stereocenters. The zero-order valence-corrected chi connectivity index (χ0v) is 29.1. The van der Waals surface area contributed by atoms with Gasteiger partial charge in [-0.15, -0.1) is 0 Å². The van der Waals surface area contributed by atoms with Gasteiger partial charge in [0.05, 0.1) is 17.1 Å². The molecule has 50 heavy (non-hydrogen) atoms. The SMILES string of the molecule is CC1(C)c2ccccc2N(c2ccc(-c3ccc(N(c4ccccc4)c4cccc5c4-c4ccccc4C5(C)C)cc3)cc2)c2ccccc21. The lowest BCUT2D eigenvalue weighted by Crippen LogP contribution is -2.30. The van der Waals surface area contributed by atoms with E-state index in [9.17, 15) is 0 Å². The van der Waals surface area contributed by atoms with Gasteiger partial charge in [0.1, 0.15) is 0 Å². The van der Waals surface area contributed by atoms with Gasteiger partial charge in [-0.3, -0.25) is 0 Å². The average molecular weight is 645 g/mol. The van der Waals surface area contributed by atoms with E-state index in [4.69, 9.17) is 0 Å². The second-order valence-electron chi connectivity index (χ2n) is 14.6. The molecule has 242 valence electrons. The Hall–Kier alpha value is -5.86. The lowest BCUT2D eigenvalue weighted by atomic mass is 9.73. The third-order valence-corrected chi connectivity index (χ3v) is 11.1. The van der Waals surface area contributed by atoms with Crippen LogP contribution in [0.5, 0.6) is 0 Å². The fraction of sp³-hybridized carbons (Fsp3) is 0.125. The number of para-hydroxylation sites is 3. The number of hydrogen-bond donors (Lipinski definition) is 0. The van der Waals surface area contributed by atoms with Crippen LogP contribution in [0.3, 0.4) is 0 Å². The molecule has 0 spiro atoms. The highest BCUT2D eigenvalue weighted by molar-refractivity contribution is 5.95. The van der Waals surface area contributed by atoms with Crippen molar-refractivity contribution in [2.75, 3.05) is 9.80 Å². The highest BCUT2D eigenvalue weighted by atomic mass is 15.2. The summed E-state index contributed by atoms with van der Waals surface area (Å²) in [5.41, 5.74) is 17.5. The average Bonchev–Trinajstić information content (AvgIpc) is 3.40. The molecule has 1 aliphatic heterocycles. The Morgan fingerprint density at radius 1 is 0.400 bits per heavy atom. The maximum atomic E-state index is 2.41. The molecule has 0 aromatic heterocycles. The smallest absolute Gasteiger partial charge is 0.0543 e. The van der Waals surface area contributed by atoms with Crippen LogP contribution in [0.15, 0.2) is 170 Å². The van der Waals surface area contributed by atoms with E-state index in [2.05, 4.69) is 207 Å². The lowest BCUT2D eigenvalue weighted by Gasteiger charge is -2.42. The van der Waals surface area contributed by atoms with Crippen LogP contribution >= 0.6 is 0 Å². The highest BCUT2D eigenvalue weighted by Crippen LogP contribution is 2.54. The molecule has 1 aliphatic carbocycles. The molecule has 2 heteroatoms. The van der Waals surface area contributed by atoms with E-state index in [1.165, 1.54) is 61.6 Å². The van der Waals surface area contributed by atoms with Crippen molar-refractivity contribution in [3.05, 3.63) is 192 Å². The fourth-order valence-electron chi connectivity index (χ4n) is 8.48. The Bertz CT molecular complexity index is 2320. The van der Waals surface area contributed by atoms with Crippen molar-refractivity contribution in [3.63, 3.8) is 0 Å². The highest BCUT2D eigenvalue weighted by Gasteiger charge is 2.38. The third-order valence-electron chi connectivity index (χ3n) is 11.1. The molecule has 0 saturated carbocycles. The predicted octanol–water partition coefficient (Wildman–Crippen LogP) is 13.2. The number of benzene rings is 7. The van der Waals surface area contributed by atoms with Crippen molar-refractivity contribution in [1.29, 1.82) is 0 Å². The van der Waals surface area contributed by atoms with Crippen molar-refractivity contribution in [2.24, 2.45) is 0 Å². The molecule has 0 fully saturated rings. The van der Waals surface area contributed by atoms with Crippen LogP contribution in [-0.2, 0) is 10.8 Å². The van der Waals surface area contributed by atoms with Crippen LogP contribution in [0.2, 0.25) is 0 Å². The number of hydrogen-bond acceptors (Lipinski definition) is 2. The maximum absolute atomic E-state index is 2.41. The Balaban J connectivity index is 1.09. The van der Waals surface area contributed by atoms with Crippen LogP contribution in [0.4, 0.5) is 34.1 Å². The zero-order chi connectivity index (χ0) is 34.0. The fourth-order valence-corrected chi connectivity index (χ4v) is 8.48. The molecular formula is C48H40N2. The molecule has 0 saturated heterocycles. The number of fused-ring (bicyclic) bond motifs is 5. The zero-order valence-electron chi connectivity index (χ0n) is 29.1. The molecule has 0 unspecified atom stereocenters. The van der Waals surface area contributed by atoms with E-state index >= 15 is 0 Å². The van der Waals surface area contributed by atoms with E-state index in [-0.39, 0.29) is 10.8 Å². The van der Waals surface area contributed by atoms with E-state index in [0.29, 0.717) is 0 Å². The minimum atomic E-state index is -0.0710. The van der Waals surface area contributed by atoms with Crippen LogP contribution in [0.25, 0.3) is 22.3 Å². The van der Waals surface area contributed by atoms with Gasteiger partial charge in [0, 0.05) is 33.5 Å². The summed E-state index contributed by atoms with van der Waals surface area (Å²) in [4.78, 5) is 4.83. The van der Waals surface area contributed by atoms with Crippen molar-refractivity contribution in [3.8, 4) is 22.3 Å². The van der Waals surface area contributed by atoms with Crippen LogP contribution in [0.1, 0.15) is 49.9 Å². The summed E-state index contributed by atoms with van der Waals surface area (Å²) in [5.74, 6) is 0. The van der Waals surface area contributed by atoms with Crippen molar-refractivity contribution >= 4 is 34.1 Å². The van der Waals surface area contributed by atoms with Gasteiger partial charge in [0.25, 0.3) is 0 Å². The first-order valence-electron chi connectivity index (χ1n) is 17.6. The molecule has 7 aromatic rings. The van der Waals surface area contributed by atoms with Crippen LogP contribution in [0, 0.1) is 0 Å². The summed E-state index contributed by atoms with van der Waals surface area (Å²) in [5, 5.41) is 0. The van der Waals surface area contributed by atoms with E-state index < -0.39 is 0 Å². The summed E-state index contributed by atoms with van der Waals surface area (Å²) in [7, 11) is 0. The summed E-state index contributed by atoms with van der Waals surface area (Å²) in [6.07, 6.45) is 0. The summed E-state index contributed by atoms with van der Waals surface area (Å²) >= 11 is 0. The molecular weight excluding hydrogens is 605 g/mol. The van der Waals surface area contributed by atoms with E-state index in [1.54, 1.807) is 0 Å². The van der Waals surface area contributed by atoms with Crippen LogP contribution < -0.4 is 9.80 Å². The largest absolute Gasteiger partial charge is 0.310 e. The van der Waals surface area contributed by atoms with Gasteiger partial charge in [-0.05, 0) is 93.5 Å². The van der Waals surface area contributed by atoms with Crippen molar-refractivity contribution < 1.29 is 0 Å². The maximum Gasteiger partial charge on any atom is 0.0543 e. The Kier molecular flexibility index (Phi) is 6.86.